The van der Waals surface area contributed by atoms with E-state index in [-0.39, 0.29) is 18.2 Å². The van der Waals surface area contributed by atoms with Crippen molar-refractivity contribution in [2.45, 2.75) is 45.6 Å². The Balaban J connectivity index is 2.04. The number of methoxy groups -OCH3 is 1. The van der Waals surface area contributed by atoms with E-state index in [1.807, 2.05) is 44.2 Å². The normalized spacial score (nSPS) is 12.4. The molecular formula is C27H35N3O6. The Kier molecular flexibility index (Phi) is 11.6. The average Bonchev–Trinajstić information content (AvgIpc) is 2.89. The molecule has 0 heterocycles. The van der Waals surface area contributed by atoms with Crippen LogP contribution in [0.2, 0.25) is 0 Å². The number of nitrogens with one attached hydrogen (secondary N) is 3. The first-order valence-corrected chi connectivity index (χ1v) is 12.0. The minimum atomic E-state index is -1.12. The van der Waals surface area contributed by atoms with Gasteiger partial charge in [0, 0.05) is 6.54 Å². The summed E-state index contributed by atoms with van der Waals surface area (Å²) in [5, 5.41) is 14.6. The Hall–Kier alpha value is -3.72. The average molecular weight is 498 g/mol. The van der Waals surface area contributed by atoms with E-state index in [1.165, 1.54) is 7.11 Å². The summed E-state index contributed by atoms with van der Waals surface area (Å²) >= 11 is 0. The van der Waals surface area contributed by atoms with Crippen LogP contribution in [0.1, 0.15) is 48.2 Å². The lowest BCUT2D eigenvalue weighted by molar-refractivity contribution is -0.143. The molecule has 0 aromatic heterocycles. The molecule has 36 heavy (non-hydrogen) atoms. The van der Waals surface area contributed by atoms with Crippen LogP contribution in [0.4, 0.5) is 0 Å². The number of hydroxylamine groups is 1. The Labute approximate surface area is 211 Å². The lowest BCUT2D eigenvalue weighted by Gasteiger charge is -2.22. The molecule has 2 atom stereocenters. The van der Waals surface area contributed by atoms with Crippen LogP contribution in [0.25, 0.3) is 0 Å². The fourth-order valence-corrected chi connectivity index (χ4v) is 3.76. The zero-order valence-electron chi connectivity index (χ0n) is 21.0. The first kappa shape index (κ1) is 28.5. The number of hydrogen-bond donors (Lipinski definition) is 4. The zero-order valence-corrected chi connectivity index (χ0v) is 21.0. The summed E-state index contributed by atoms with van der Waals surface area (Å²) in [4.78, 5) is 49.6. The maximum atomic E-state index is 13.0. The lowest BCUT2D eigenvalue weighted by Crippen LogP contribution is -2.51. The van der Waals surface area contributed by atoms with Gasteiger partial charge < -0.3 is 15.4 Å². The molecule has 2 aromatic rings. The largest absolute Gasteiger partial charge is 0.465 e. The summed E-state index contributed by atoms with van der Waals surface area (Å²) in [5.74, 6) is -3.29. The third-order valence-corrected chi connectivity index (χ3v) is 5.74. The van der Waals surface area contributed by atoms with Gasteiger partial charge >= 0.3 is 5.97 Å². The van der Waals surface area contributed by atoms with E-state index in [4.69, 9.17) is 9.94 Å². The van der Waals surface area contributed by atoms with Crippen molar-refractivity contribution < 1.29 is 29.1 Å². The highest BCUT2D eigenvalue weighted by molar-refractivity contribution is 6.01. The van der Waals surface area contributed by atoms with Crippen LogP contribution in [0.3, 0.4) is 0 Å². The fraction of sp³-hybridized carbons (Fsp3) is 0.407. The van der Waals surface area contributed by atoms with Crippen LogP contribution in [-0.2, 0) is 32.0 Å². The van der Waals surface area contributed by atoms with Crippen molar-refractivity contribution in [1.29, 1.82) is 0 Å². The maximum absolute atomic E-state index is 13.0. The molecule has 0 aliphatic heterocycles. The van der Waals surface area contributed by atoms with Crippen LogP contribution < -0.4 is 16.1 Å². The second kappa shape index (κ2) is 14.6. The highest BCUT2D eigenvalue weighted by atomic mass is 16.5. The summed E-state index contributed by atoms with van der Waals surface area (Å²) in [7, 11) is 1.32. The Morgan fingerprint density at radius 2 is 1.50 bits per heavy atom. The van der Waals surface area contributed by atoms with Gasteiger partial charge in [0.2, 0.25) is 11.8 Å². The second-order valence-corrected chi connectivity index (χ2v) is 8.97. The van der Waals surface area contributed by atoms with Gasteiger partial charge in [0.05, 0.1) is 12.7 Å². The summed E-state index contributed by atoms with van der Waals surface area (Å²) < 4.78 is 4.69. The van der Waals surface area contributed by atoms with Crippen molar-refractivity contribution in [1.82, 2.24) is 16.1 Å². The minimum Gasteiger partial charge on any atom is -0.465 e. The van der Waals surface area contributed by atoms with Crippen molar-refractivity contribution in [3.63, 3.8) is 0 Å². The van der Waals surface area contributed by atoms with Gasteiger partial charge in [-0.2, -0.15) is 0 Å². The molecule has 0 radical (unpaired) electrons. The van der Waals surface area contributed by atoms with E-state index >= 15 is 0 Å². The Morgan fingerprint density at radius 3 is 2.08 bits per heavy atom. The van der Waals surface area contributed by atoms with Gasteiger partial charge in [0.15, 0.2) is 0 Å². The number of esters is 1. The minimum absolute atomic E-state index is 0.0280. The number of ether oxygens (including phenoxy) is 1. The van der Waals surface area contributed by atoms with Gasteiger partial charge in [0.1, 0.15) is 12.0 Å². The maximum Gasteiger partial charge on any atom is 0.337 e. The lowest BCUT2D eigenvalue weighted by atomic mass is 9.95. The molecule has 9 heteroatoms. The molecular weight excluding hydrogens is 462 g/mol. The van der Waals surface area contributed by atoms with Crippen molar-refractivity contribution in [3.8, 4) is 0 Å². The van der Waals surface area contributed by atoms with E-state index < -0.39 is 29.7 Å². The van der Waals surface area contributed by atoms with Crippen molar-refractivity contribution >= 4 is 23.7 Å². The van der Waals surface area contributed by atoms with E-state index in [9.17, 15) is 19.2 Å². The zero-order chi connectivity index (χ0) is 26.5. The van der Waals surface area contributed by atoms with Gasteiger partial charge in [-0.3, -0.25) is 19.6 Å². The SMILES string of the molecule is COC(=O)c1ccc(CCNC(=O)[C@H](CCc2ccccc2)NC(=O)C(CC(C)C)C(=O)NO)cc1. The standard InChI is InChI=1S/C27H35N3O6/c1-18(2)17-22(25(32)30-35)24(31)29-23(14-11-19-7-5-4-6-8-19)26(33)28-16-15-20-9-12-21(13-10-20)27(34)36-3/h4-10,12-13,18,22-23,35H,11,14-17H2,1-3H3,(H,28,33)(H,29,31)(H,30,32)/t22?,23-/m0/s1. The molecule has 9 nitrogen and oxygen atoms in total. The molecule has 0 bridgehead atoms. The highest BCUT2D eigenvalue weighted by Crippen LogP contribution is 2.14. The van der Waals surface area contributed by atoms with E-state index in [0.29, 0.717) is 31.4 Å². The smallest absolute Gasteiger partial charge is 0.337 e. The van der Waals surface area contributed by atoms with Crippen LogP contribution in [-0.4, -0.2) is 48.6 Å². The van der Waals surface area contributed by atoms with Crippen molar-refractivity contribution in [3.05, 3.63) is 71.3 Å². The molecule has 0 aliphatic rings. The summed E-state index contributed by atoms with van der Waals surface area (Å²) in [6.45, 7) is 4.05. The third-order valence-electron chi connectivity index (χ3n) is 5.74. The summed E-state index contributed by atoms with van der Waals surface area (Å²) in [6, 6.07) is 15.6. The molecule has 0 fully saturated rings. The van der Waals surface area contributed by atoms with Gasteiger partial charge in [-0.05, 0) is 54.9 Å². The molecule has 194 valence electrons. The molecule has 0 spiro atoms. The number of benzene rings is 2. The summed E-state index contributed by atoms with van der Waals surface area (Å²) in [5.41, 5.74) is 3.93. The van der Waals surface area contributed by atoms with Gasteiger partial charge in [0.25, 0.3) is 5.91 Å². The molecule has 2 aromatic carbocycles. The first-order chi connectivity index (χ1) is 17.2. The van der Waals surface area contributed by atoms with Gasteiger partial charge in [-0.15, -0.1) is 0 Å². The van der Waals surface area contributed by atoms with Crippen LogP contribution in [0.15, 0.2) is 54.6 Å². The predicted octanol–water partition coefficient (Wildman–Crippen LogP) is 2.42. The molecule has 3 amide bonds. The third kappa shape index (κ3) is 9.14. The van der Waals surface area contributed by atoms with Gasteiger partial charge in [-0.25, -0.2) is 10.3 Å². The monoisotopic (exact) mass is 497 g/mol. The van der Waals surface area contributed by atoms with Crippen LogP contribution in [0.5, 0.6) is 0 Å². The summed E-state index contributed by atoms with van der Waals surface area (Å²) in [6.07, 6.45) is 1.64. The van der Waals surface area contributed by atoms with Crippen molar-refractivity contribution in [2.75, 3.05) is 13.7 Å². The molecule has 2 rings (SSSR count). The molecule has 1 unspecified atom stereocenters. The molecule has 4 N–H and O–H groups in total. The van der Waals surface area contributed by atoms with Crippen LogP contribution >= 0.6 is 0 Å². The first-order valence-electron chi connectivity index (χ1n) is 12.0. The molecule has 0 aliphatic carbocycles. The number of hydrogen-bond acceptors (Lipinski definition) is 6. The van der Waals surface area contributed by atoms with E-state index in [0.717, 1.165) is 11.1 Å². The number of carbonyl (C=O) groups excluding carboxylic acids is 4. The number of rotatable bonds is 13. The van der Waals surface area contributed by atoms with Gasteiger partial charge in [-0.1, -0.05) is 56.3 Å². The fourth-order valence-electron chi connectivity index (χ4n) is 3.76. The van der Waals surface area contributed by atoms with Crippen molar-refractivity contribution in [2.24, 2.45) is 11.8 Å². The highest BCUT2D eigenvalue weighted by Gasteiger charge is 2.30. The Bertz CT molecular complexity index is 1010. The molecule has 0 saturated heterocycles. The van der Waals surface area contributed by atoms with E-state index in [1.54, 1.807) is 29.7 Å². The quantitative estimate of drug-likeness (QED) is 0.145. The topological polar surface area (TPSA) is 134 Å². The number of amides is 3. The second-order valence-electron chi connectivity index (χ2n) is 8.97. The number of carbonyl (C=O) groups is 4. The van der Waals surface area contributed by atoms with E-state index in [2.05, 4.69) is 10.6 Å². The number of aryl methyl sites for hydroxylation is 1. The Morgan fingerprint density at radius 1 is 0.861 bits per heavy atom. The van der Waals surface area contributed by atoms with Crippen LogP contribution in [0, 0.1) is 11.8 Å². The predicted molar refractivity (Wildman–Crippen MR) is 134 cm³/mol. The molecule has 0 saturated carbocycles.